The molecule has 2 heteroatoms. The van der Waals surface area contributed by atoms with Crippen molar-refractivity contribution < 1.29 is 4.79 Å². The Kier molecular flexibility index (Phi) is 4.32. The molecule has 0 N–H and O–H groups in total. The van der Waals surface area contributed by atoms with Crippen LogP contribution in [0.4, 0.5) is 0 Å². The zero-order valence-electron chi connectivity index (χ0n) is 8.83. The molecular weight excluding hydrogens is 208 g/mol. The van der Waals surface area contributed by atoms with E-state index >= 15 is 0 Å². The van der Waals surface area contributed by atoms with E-state index in [1.807, 2.05) is 50.2 Å². The number of fused-ring (bicyclic) bond motifs is 1. The Morgan fingerprint density at radius 1 is 1.00 bits per heavy atom. The van der Waals surface area contributed by atoms with E-state index in [4.69, 9.17) is 11.6 Å². The topological polar surface area (TPSA) is 17.1 Å². The molecule has 0 aliphatic heterocycles. The summed E-state index contributed by atoms with van der Waals surface area (Å²) in [5.74, 6) is 0. The van der Waals surface area contributed by atoms with Gasteiger partial charge in [-0.05, 0) is 28.4 Å². The second kappa shape index (κ2) is 5.52. The molecule has 0 aliphatic carbocycles. The molecule has 0 fully saturated rings. The van der Waals surface area contributed by atoms with Crippen molar-refractivity contribution in [3.8, 4) is 0 Å². The van der Waals surface area contributed by atoms with Crippen molar-refractivity contribution in [2.45, 2.75) is 13.8 Å². The first-order chi connectivity index (χ1) is 7.29. The van der Waals surface area contributed by atoms with Crippen LogP contribution in [0.5, 0.6) is 0 Å². The van der Waals surface area contributed by atoms with Crippen molar-refractivity contribution in [2.24, 2.45) is 0 Å². The highest BCUT2D eigenvalue weighted by molar-refractivity contribution is 6.68. The first kappa shape index (κ1) is 11.7. The molecule has 0 saturated carbocycles. The lowest BCUT2D eigenvalue weighted by Gasteiger charge is -2.00. The molecule has 15 heavy (non-hydrogen) atoms. The van der Waals surface area contributed by atoms with Crippen molar-refractivity contribution in [2.75, 3.05) is 0 Å². The fourth-order valence-corrected chi connectivity index (χ4v) is 1.56. The van der Waals surface area contributed by atoms with Gasteiger partial charge in [0.05, 0.1) is 0 Å². The smallest absolute Gasteiger partial charge is 0.253 e. The lowest BCUT2D eigenvalue weighted by atomic mass is 10.1. The zero-order chi connectivity index (χ0) is 11.3. The summed E-state index contributed by atoms with van der Waals surface area (Å²) in [4.78, 5) is 11.0. The van der Waals surface area contributed by atoms with E-state index in [-0.39, 0.29) is 0 Å². The lowest BCUT2D eigenvalue weighted by Crippen LogP contribution is -1.89. The molecule has 2 aromatic carbocycles. The van der Waals surface area contributed by atoms with Gasteiger partial charge in [0, 0.05) is 5.56 Å². The molecule has 0 unspecified atom stereocenters. The summed E-state index contributed by atoms with van der Waals surface area (Å²) >= 11 is 5.44. The van der Waals surface area contributed by atoms with Crippen LogP contribution in [0.15, 0.2) is 42.5 Å². The van der Waals surface area contributed by atoms with Crippen molar-refractivity contribution >= 4 is 27.6 Å². The number of hydrogen-bond donors (Lipinski definition) is 0. The van der Waals surface area contributed by atoms with Gasteiger partial charge < -0.3 is 0 Å². The molecule has 78 valence electrons. The van der Waals surface area contributed by atoms with Crippen molar-refractivity contribution in [3.05, 3.63) is 48.0 Å². The van der Waals surface area contributed by atoms with Crippen LogP contribution in [0, 0.1) is 0 Å². The third kappa shape index (κ3) is 2.57. The fraction of sp³-hybridized carbons (Fsp3) is 0.154. The maximum Gasteiger partial charge on any atom is 0.253 e. The third-order valence-corrected chi connectivity index (χ3v) is 2.20. The molecule has 0 bridgehead atoms. The molecule has 1 nitrogen and oxygen atoms in total. The normalized spacial score (nSPS) is 9.27. The van der Waals surface area contributed by atoms with E-state index in [2.05, 4.69) is 0 Å². The van der Waals surface area contributed by atoms with E-state index in [9.17, 15) is 4.79 Å². The quantitative estimate of drug-likeness (QED) is 0.657. The predicted molar refractivity (Wildman–Crippen MR) is 65.5 cm³/mol. The van der Waals surface area contributed by atoms with Crippen LogP contribution in [0.1, 0.15) is 24.2 Å². The molecule has 0 amide bonds. The van der Waals surface area contributed by atoms with Gasteiger partial charge in [0.1, 0.15) is 0 Å². The summed E-state index contributed by atoms with van der Waals surface area (Å²) in [6.45, 7) is 4.00. The number of carbonyl (C=O) groups is 1. The van der Waals surface area contributed by atoms with Gasteiger partial charge in [0.15, 0.2) is 0 Å². The summed E-state index contributed by atoms with van der Waals surface area (Å²) in [7, 11) is 0. The minimum Gasteiger partial charge on any atom is -0.276 e. The predicted octanol–water partition coefficient (Wildman–Crippen LogP) is 4.25. The van der Waals surface area contributed by atoms with Gasteiger partial charge in [0.25, 0.3) is 5.24 Å². The van der Waals surface area contributed by atoms with E-state index < -0.39 is 5.24 Å². The largest absolute Gasteiger partial charge is 0.276 e. The standard InChI is InChI=1S/C11H7ClO.C2H6/c12-11(13)10-7-3-5-8-4-1-2-6-9(8)10;1-2/h1-7H;1-2H3. The highest BCUT2D eigenvalue weighted by atomic mass is 35.5. The number of benzene rings is 2. The maximum absolute atomic E-state index is 11.0. The van der Waals surface area contributed by atoms with Crippen LogP contribution >= 0.6 is 11.6 Å². The first-order valence-electron chi connectivity index (χ1n) is 4.96. The molecule has 2 aromatic rings. The van der Waals surface area contributed by atoms with Crippen LogP contribution in [-0.2, 0) is 0 Å². The van der Waals surface area contributed by atoms with Gasteiger partial charge >= 0.3 is 0 Å². The first-order valence-corrected chi connectivity index (χ1v) is 5.34. The fourth-order valence-electron chi connectivity index (χ4n) is 1.40. The summed E-state index contributed by atoms with van der Waals surface area (Å²) in [5, 5.41) is 1.54. The molecule has 0 aliphatic rings. The van der Waals surface area contributed by atoms with Gasteiger partial charge in [-0.1, -0.05) is 50.2 Å². The van der Waals surface area contributed by atoms with Gasteiger partial charge in [-0.15, -0.1) is 0 Å². The third-order valence-electron chi connectivity index (χ3n) is 2.00. The summed E-state index contributed by atoms with van der Waals surface area (Å²) < 4.78 is 0. The van der Waals surface area contributed by atoms with Crippen molar-refractivity contribution in [1.82, 2.24) is 0 Å². The molecule has 0 spiro atoms. The summed E-state index contributed by atoms with van der Waals surface area (Å²) in [6, 6.07) is 13.2. The Hall–Kier alpha value is -1.34. The molecule has 0 radical (unpaired) electrons. The maximum atomic E-state index is 11.0. The molecular formula is C13H13ClO. The molecule has 0 heterocycles. The van der Waals surface area contributed by atoms with Crippen molar-refractivity contribution in [1.29, 1.82) is 0 Å². The molecule has 0 atom stereocenters. The lowest BCUT2D eigenvalue weighted by molar-refractivity contribution is 0.108. The van der Waals surface area contributed by atoms with Crippen LogP contribution in [-0.4, -0.2) is 5.24 Å². The van der Waals surface area contributed by atoms with E-state index in [0.717, 1.165) is 10.8 Å². The Morgan fingerprint density at radius 3 is 2.27 bits per heavy atom. The SMILES string of the molecule is CC.O=C(Cl)c1cccc2ccccc12. The van der Waals surface area contributed by atoms with Crippen LogP contribution in [0.3, 0.4) is 0 Å². The van der Waals surface area contributed by atoms with Gasteiger partial charge in [-0.2, -0.15) is 0 Å². The molecule has 0 aromatic heterocycles. The minimum atomic E-state index is -0.406. The van der Waals surface area contributed by atoms with Gasteiger partial charge in [-0.25, -0.2) is 0 Å². The summed E-state index contributed by atoms with van der Waals surface area (Å²) in [6.07, 6.45) is 0. The van der Waals surface area contributed by atoms with Crippen molar-refractivity contribution in [3.63, 3.8) is 0 Å². The number of hydrogen-bond acceptors (Lipinski definition) is 1. The zero-order valence-corrected chi connectivity index (χ0v) is 9.58. The number of halogens is 1. The summed E-state index contributed by atoms with van der Waals surface area (Å²) in [5.41, 5.74) is 0.569. The average molecular weight is 221 g/mol. The Labute approximate surface area is 94.7 Å². The van der Waals surface area contributed by atoms with Gasteiger partial charge in [0.2, 0.25) is 0 Å². The van der Waals surface area contributed by atoms with Gasteiger partial charge in [-0.3, -0.25) is 4.79 Å². The molecule has 2 rings (SSSR count). The van der Waals surface area contributed by atoms with Crippen LogP contribution in [0.25, 0.3) is 10.8 Å². The Bertz CT molecular complexity index is 458. The second-order valence-corrected chi connectivity index (χ2v) is 3.14. The average Bonchev–Trinajstić information content (AvgIpc) is 2.31. The van der Waals surface area contributed by atoms with E-state index in [1.54, 1.807) is 6.07 Å². The van der Waals surface area contributed by atoms with Crippen LogP contribution in [0.2, 0.25) is 0 Å². The Morgan fingerprint density at radius 2 is 1.60 bits per heavy atom. The van der Waals surface area contributed by atoms with E-state index in [1.165, 1.54) is 0 Å². The van der Waals surface area contributed by atoms with E-state index in [0.29, 0.717) is 5.56 Å². The minimum absolute atomic E-state index is 0.406. The monoisotopic (exact) mass is 220 g/mol. The molecule has 0 saturated heterocycles. The highest BCUT2D eigenvalue weighted by Gasteiger charge is 2.05. The number of carbonyl (C=O) groups excluding carboxylic acids is 1. The van der Waals surface area contributed by atoms with Crippen LogP contribution < -0.4 is 0 Å². The second-order valence-electron chi connectivity index (χ2n) is 2.80. The highest BCUT2D eigenvalue weighted by Crippen LogP contribution is 2.19. The Balaban J connectivity index is 0.000000531. The number of rotatable bonds is 1.